The standard InChI is InChI=1S/C15H17FN2O2/c16-14-6-5-11(3-1-7-17)9-13(14)15(19)18-12-4-2-8-20-10-12/h5-6,9,12H,2,4,7-8,10,17H2,(H,18,19). The number of nitrogens with two attached hydrogens (primary N) is 1. The molecule has 1 aliphatic rings. The Morgan fingerprint density at radius 3 is 3.10 bits per heavy atom. The molecule has 2 rings (SSSR count). The van der Waals surface area contributed by atoms with E-state index in [4.69, 9.17) is 10.5 Å². The van der Waals surface area contributed by atoms with Gasteiger partial charge in [-0.1, -0.05) is 11.8 Å². The predicted octanol–water partition coefficient (Wildman–Crippen LogP) is 1.04. The first-order chi connectivity index (χ1) is 9.70. The molecule has 1 unspecified atom stereocenters. The lowest BCUT2D eigenvalue weighted by molar-refractivity contribution is 0.0622. The summed E-state index contributed by atoms with van der Waals surface area (Å²) in [6.07, 6.45) is 1.75. The van der Waals surface area contributed by atoms with Gasteiger partial charge in [-0.2, -0.15) is 0 Å². The van der Waals surface area contributed by atoms with E-state index in [1.807, 2.05) is 0 Å². The quantitative estimate of drug-likeness (QED) is 0.793. The van der Waals surface area contributed by atoms with Crippen LogP contribution in [0.3, 0.4) is 0 Å². The fourth-order valence-electron chi connectivity index (χ4n) is 2.05. The van der Waals surface area contributed by atoms with Crippen molar-refractivity contribution in [3.05, 3.63) is 35.1 Å². The maximum absolute atomic E-state index is 13.7. The molecule has 0 bridgehead atoms. The largest absolute Gasteiger partial charge is 0.379 e. The zero-order chi connectivity index (χ0) is 14.4. The van der Waals surface area contributed by atoms with Gasteiger partial charge in [0.25, 0.3) is 5.91 Å². The van der Waals surface area contributed by atoms with Crippen molar-refractivity contribution in [2.75, 3.05) is 19.8 Å². The van der Waals surface area contributed by atoms with Crippen molar-refractivity contribution in [2.45, 2.75) is 18.9 Å². The first-order valence-corrected chi connectivity index (χ1v) is 6.58. The Labute approximate surface area is 117 Å². The van der Waals surface area contributed by atoms with E-state index in [1.165, 1.54) is 18.2 Å². The number of amides is 1. The van der Waals surface area contributed by atoms with Gasteiger partial charge in [-0.25, -0.2) is 4.39 Å². The SMILES string of the molecule is NCC#Cc1ccc(F)c(C(=O)NC2CCCOC2)c1. The number of hydrogen-bond acceptors (Lipinski definition) is 3. The van der Waals surface area contributed by atoms with Gasteiger partial charge < -0.3 is 15.8 Å². The summed E-state index contributed by atoms with van der Waals surface area (Å²) >= 11 is 0. The molecule has 4 nitrogen and oxygen atoms in total. The number of halogens is 1. The van der Waals surface area contributed by atoms with Crippen LogP contribution in [0.15, 0.2) is 18.2 Å². The minimum Gasteiger partial charge on any atom is -0.379 e. The van der Waals surface area contributed by atoms with E-state index in [2.05, 4.69) is 17.2 Å². The van der Waals surface area contributed by atoms with E-state index in [1.54, 1.807) is 0 Å². The Hall–Kier alpha value is -1.90. The average molecular weight is 276 g/mol. The molecule has 106 valence electrons. The third kappa shape index (κ3) is 3.80. The second-order valence-electron chi connectivity index (χ2n) is 4.59. The molecular weight excluding hydrogens is 259 g/mol. The van der Waals surface area contributed by atoms with Crippen LogP contribution in [-0.4, -0.2) is 31.7 Å². The molecule has 0 saturated carbocycles. The summed E-state index contributed by atoms with van der Waals surface area (Å²) < 4.78 is 19.0. The maximum Gasteiger partial charge on any atom is 0.254 e. The minimum atomic E-state index is -0.558. The summed E-state index contributed by atoms with van der Waals surface area (Å²) in [5.74, 6) is 4.47. The number of ether oxygens (including phenoxy) is 1. The van der Waals surface area contributed by atoms with Crippen molar-refractivity contribution in [3.8, 4) is 11.8 Å². The molecule has 1 aliphatic heterocycles. The highest BCUT2D eigenvalue weighted by molar-refractivity contribution is 5.95. The van der Waals surface area contributed by atoms with Gasteiger partial charge in [-0.15, -0.1) is 0 Å². The highest BCUT2D eigenvalue weighted by atomic mass is 19.1. The lowest BCUT2D eigenvalue weighted by atomic mass is 10.1. The summed E-state index contributed by atoms with van der Waals surface area (Å²) in [4.78, 5) is 12.1. The first-order valence-electron chi connectivity index (χ1n) is 6.58. The molecule has 1 aromatic rings. The Bertz CT molecular complexity index is 543. The molecule has 1 fully saturated rings. The molecule has 0 spiro atoms. The zero-order valence-corrected chi connectivity index (χ0v) is 11.1. The summed E-state index contributed by atoms with van der Waals surface area (Å²) in [7, 11) is 0. The van der Waals surface area contributed by atoms with Crippen LogP contribution >= 0.6 is 0 Å². The lowest BCUT2D eigenvalue weighted by Gasteiger charge is -2.23. The van der Waals surface area contributed by atoms with Gasteiger partial charge in [0.15, 0.2) is 0 Å². The van der Waals surface area contributed by atoms with Crippen LogP contribution in [0.5, 0.6) is 0 Å². The molecule has 1 amide bonds. The maximum atomic E-state index is 13.7. The number of benzene rings is 1. The summed E-state index contributed by atoms with van der Waals surface area (Å²) in [5, 5.41) is 2.78. The lowest BCUT2D eigenvalue weighted by Crippen LogP contribution is -2.40. The minimum absolute atomic E-state index is 0.000560. The monoisotopic (exact) mass is 276 g/mol. The highest BCUT2D eigenvalue weighted by Gasteiger charge is 2.19. The zero-order valence-electron chi connectivity index (χ0n) is 11.1. The third-order valence-corrected chi connectivity index (χ3v) is 3.04. The molecule has 1 aromatic carbocycles. The molecule has 3 N–H and O–H groups in total. The van der Waals surface area contributed by atoms with E-state index in [-0.39, 0.29) is 18.2 Å². The van der Waals surface area contributed by atoms with E-state index >= 15 is 0 Å². The van der Waals surface area contributed by atoms with E-state index in [0.717, 1.165) is 12.8 Å². The van der Waals surface area contributed by atoms with Crippen molar-refractivity contribution in [3.63, 3.8) is 0 Å². The van der Waals surface area contributed by atoms with Crippen LogP contribution in [0.4, 0.5) is 4.39 Å². The van der Waals surface area contributed by atoms with Crippen LogP contribution in [0.2, 0.25) is 0 Å². The summed E-state index contributed by atoms with van der Waals surface area (Å²) in [6.45, 7) is 1.41. The third-order valence-electron chi connectivity index (χ3n) is 3.04. The Morgan fingerprint density at radius 2 is 2.40 bits per heavy atom. The number of nitrogens with one attached hydrogen (secondary N) is 1. The normalized spacial score (nSPS) is 18.0. The Kier molecular flexibility index (Phi) is 5.10. The smallest absolute Gasteiger partial charge is 0.254 e. The molecule has 0 aliphatic carbocycles. The molecular formula is C15H17FN2O2. The van der Waals surface area contributed by atoms with Gasteiger partial charge in [0.1, 0.15) is 5.82 Å². The van der Waals surface area contributed by atoms with Crippen molar-refractivity contribution in [2.24, 2.45) is 5.73 Å². The highest BCUT2D eigenvalue weighted by Crippen LogP contribution is 2.12. The topological polar surface area (TPSA) is 64.4 Å². The summed E-state index contributed by atoms with van der Waals surface area (Å²) in [6, 6.07) is 4.15. The fourth-order valence-corrected chi connectivity index (χ4v) is 2.05. The van der Waals surface area contributed by atoms with Gasteiger partial charge in [0.05, 0.1) is 24.8 Å². The molecule has 5 heteroatoms. The Morgan fingerprint density at radius 1 is 1.55 bits per heavy atom. The van der Waals surface area contributed by atoms with Gasteiger partial charge in [0, 0.05) is 12.2 Å². The Balaban J connectivity index is 2.11. The van der Waals surface area contributed by atoms with Crippen molar-refractivity contribution in [1.29, 1.82) is 0 Å². The van der Waals surface area contributed by atoms with E-state index < -0.39 is 11.7 Å². The van der Waals surface area contributed by atoms with Gasteiger partial charge >= 0.3 is 0 Å². The van der Waals surface area contributed by atoms with E-state index in [0.29, 0.717) is 18.8 Å². The molecule has 0 aromatic heterocycles. The number of carbonyl (C=O) groups excluding carboxylic acids is 1. The number of hydrogen-bond donors (Lipinski definition) is 2. The van der Waals surface area contributed by atoms with Gasteiger partial charge in [-0.05, 0) is 31.0 Å². The summed E-state index contributed by atoms with van der Waals surface area (Å²) in [5.41, 5.74) is 5.86. The second-order valence-corrected chi connectivity index (χ2v) is 4.59. The van der Waals surface area contributed by atoms with Crippen molar-refractivity contribution < 1.29 is 13.9 Å². The molecule has 20 heavy (non-hydrogen) atoms. The van der Waals surface area contributed by atoms with Crippen molar-refractivity contribution in [1.82, 2.24) is 5.32 Å². The van der Waals surface area contributed by atoms with Crippen LogP contribution in [0, 0.1) is 17.7 Å². The van der Waals surface area contributed by atoms with Gasteiger partial charge in [0.2, 0.25) is 0 Å². The second kappa shape index (κ2) is 7.04. The van der Waals surface area contributed by atoms with Crippen molar-refractivity contribution >= 4 is 5.91 Å². The molecule has 1 saturated heterocycles. The van der Waals surface area contributed by atoms with Gasteiger partial charge in [-0.3, -0.25) is 4.79 Å². The molecule has 1 atom stereocenters. The van der Waals surface area contributed by atoms with Crippen LogP contribution in [-0.2, 0) is 4.74 Å². The average Bonchev–Trinajstić information content (AvgIpc) is 2.47. The number of rotatable bonds is 2. The number of carbonyl (C=O) groups is 1. The first kappa shape index (κ1) is 14.5. The molecule has 0 radical (unpaired) electrons. The predicted molar refractivity (Wildman–Crippen MR) is 73.6 cm³/mol. The molecule has 1 heterocycles. The fraction of sp³-hybridized carbons (Fsp3) is 0.400. The van der Waals surface area contributed by atoms with E-state index in [9.17, 15) is 9.18 Å². The van der Waals surface area contributed by atoms with Crippen LogP contribution in [0.1, 0.15) is 28.8 Å². The van der Waals surface area contributed by atoms with Crippen LogP contribution in [0.25, 0.3) is 0 Å². The van der Waals surface area contributed by atoms with Crippen LogP contribution < -0.4 is 11.1 Å².